The Bertz CT molecular complexity index is 809. The molecule has 0 aromatic carbocycles. The van der Waals surface area contributed by atoms with Gasteiger partial charge in [0.15, 0.2) is 0 Å². The fraction of sp³-hybridized carbons (Fsp3) is 0.400. The molecule has 0 bridgehead atoms. The molecule has 0 aliphatic heterocycles. The lowest BCUT2D eigenvalue weighted by Crippen LogP contribution is -2.35. The maximum atomic E-state index is 11.8. The minimum absolute atomic E-state index is 0.103. The molecule has 2 heterocycles. The Hall–Kier alpha value is -2.77. The summed E-state index contributed by atoms with van der Waals surface area (Å²) >= 11 is 0. The van der Waals surface area contributed by atoms with Gasteiger partial charge in [0.1, 0.15) is 6.54 Å². The van der Waals surface area contributed by atoms with Crippen LogP contribution in [0.4, 0.5) is 0 Å². The van der Waals surface area contributed by atoms with Crippen LogP contribution in [-0.2, 0) is 24.3 Å². The standard InChI is InChI=1S/C15H19N5O3/c1-3-12-7-15(23)19(10-18-12)5-4-16-13(21)8-20-9-17-11(2)6-14(20)22/h6-7,9-10H,3-5,8H2,1-2H3,(H,16,21). The SMILES string of the molecule is CCc1cc(=O)n(CCNC(=O)Cn2cnc(C)cc2=O)cn1. The molecule has 0 saturated carbocycles. The van der Waals surface area contributed by atoms with Gasteiger partial charge in [-0.15, -0.1) is 0 Å². The van der Waals surface area contributed by atoms with Crippen molar-refractivity contribution in [1.82, 2.24) is 24.4 Å². The van der Waals surface area contributed by atoms with Crippen molar-refractivity contribution in [2.24, 2.45) is 0 Å². The topological polar surface area (TPSA) is 98.9 Å². The van der Waals surface area contributed by atoms with Gasteiger partial charge < -0.3 is 5.32 Å². The van der Waals surface area contributed by atoms with E-state index < -0.39 is 0 Å². The van der Waals surface area contributed by atoms with Gasteiger partial charge in [-0.1, -0.05) is 6.92 Å². The van der Waals surface area contributed by atoms with Gasteiger partial charge in [0.2, 0.25) is 5.91 Å². The molecule has 1 N–H and O–H groups in total. The van der Waals surface area contributed by atoms with Crippen LogP contribution in [0.2, 0.25) is 0 Å². The van der Waals surface area contributed by atoms with Gasteiger partial charge in [0.25, 0.3) is 11.1 Å². The number of nitrogens with zero attached hydrogens (tertiary/aromatic N) is 4. The van der Waals surface area contributed by atoms with E-state index >= 15 is 0 Å². The summed E-state index contributed by atoms with van der Waals surface area (Å²) < 4.78 is 2.66. The Balaban J connectivity index is 1.87. The summed E-state index contributed by atoms with van der Waals surface area (Å²) in [5.41, 5.74) is 0.920. The third-order valence-corrected chi connectivity index (χ3v) is 3.30. The second kappa shape index (κ2) is 7.48. The average molecular weight is 317 g/mol. The summed E-state index contributed by atoms with van der Waals surface area (Å²) in [5, 5.41) is 2.66. The van der Waals surface area contributed by atoms with Crippen molar-refractivity contribution in [3.05, 3.63) is 56.9 Å². The maximum Gasteiger partial charge on any atom is 0.253 e. The number of aromatic nitrogens is 4. The normalized spacial score (nSPS) is 10.5. The quantitative estimate of drug-likeness (QED) is 0.773. The average Bonchev–Trinajstić information content (AvgIpc) is 2.51. The number of rotatable bonds is 6. The monoisotopic (exact) mass is 317 g/mol. The van der Waals surface area contributed by atoms with Crippen molar-refractivity contribution >= 4 is 5.91 Å². The maximum absolute atomic E-state index is 11.8. The predicted octanol–water partition coefficient (Wildman–Crippen LogP) is -0.513. The Morgan fingerprint density at radius 3 is 2.48 bits per heavy atom. The van der Waals surface area contributed by atoms with Gasteiger partial charge in [0.05, 0.1) is 12.7 Å². The Morgan fingerprint density at radius 1 is 1.13 bits per heavy atom. The predicted molar refractivity (Wildman–Crippen MR) is 84.1 cm³/mol. The molecule has 0 fully saturated rings. The molecule has 0 aliphatic carbocycles. The Morgan fingerprint density at radius 2 is 1.83 bits per heavy atom. The van der Waals surface area contributed by atoms with Gasteiger partial charge in [-0.3, -0.25) is 23.5 Å². The van der Waals surface area contributed by atoms with E-state index in [9.17, 15) is 14.4 Å². The Kier molecular flexibility index (Phi) is 5.40. The van der Waals surface area contributed by atoms with Crippen LogP contribution < -0.4 is 16.4 Å². The zero-order valence-electron chi connectivity index (χ0n) is 13.2. The number of carbonyl (C=O) groups excluding carboxylic acids is 1. The van der Waals surface area contributed by atoms with Crippen molar-refractivity contribution in [2.75, 3.05) is 6.54 Å². The molecule has 0 aliphatic rings. The molecule has 122 valence electrons. The highest BCUT2D eigenvalue weighted by atomic mass is 16.2. The minimum Gasteiger partial charge on any atom is -0.353 e. The first kappa shape index (κ1) is 16.6. The largest absolute Gasteiger partial charge is 0.353 e. The highest BCUT2D eigenvalue weighted by Crippen LogP contribution is 1.89. The molecule has 0 saturated heterocycles. The van der Waals surface area contributed by atoms with Crippen LogP contribution in [0.5, 0.6) is 0 Å². The zero-order chi connectivity index (χ0) is 16.8. The smallest absolute Gasteiger partial charge is 0.253 e. The lowest BCUT2D eigenvalue weighted by Gasteiger charge is -2.09. The number of nitrogens with one attached hydrogen (secondary N) is 1. The molecule has 0 radical (unpaired) electrons. The van der Waals surface area contributed by atoms with E-state index in [0.29, 0.717) is 18.7 Å². The van der Waals surface area contributed by atoms with Crippen molar-refractivity contribution in [3.8, 4) is 0 Å². The number of hydrogen-bond donors (Lipinski definition) is 1. The Labute approximate surface area is 132 Å². The molecule has 1 amide bonds. The molecule has 2 rings (SSSR count). The first-order valence-electron chi connectivity index (χ1n) is 7.34. The number of carbonyl (C=O) groups is 1. The summed E-state index contributed by atoms with van der Waals surface area (Å²) in [4.78, 5) is 43.4. The number of aryl methyl sites for hydroxylation is 2. The third kappa shape index (κ3) is 4.60. The summed E-state index contributed by atoms with van der Waals surface area (Å²) in [6, 6.07) is 2.85. The highest BCUT2D eigenvalue weighted by Gasteiger charge is 2.05. The van der Waals surface area contributed by atoms with Crippen LogP contribution >= 0.6 is 0 Å². The van der Waals surface area contributed by atoms with Crippen LogP contribution in [0.15, 0.2) is 34.4 Å². The van der Waals surface area contributed by atoms with Gasteiger partial charge in [-0.2, -0.15) is 0 Å². The van der Waals surface area contributed by atoms with Crippen LogP contribution in [0, 0.1) is 6.92 Å². The van der Waals surface area contributed by atoms with E-state index in [1.807, 2.05) is 6.92 Å². The molecule has 2 aromatic heterocycles. The van der Waals surface area contributed by atoms with E-state index in [2.05, 4.69) is 15.3 Å². The second-order valence-corrected chi connectivity index (χ2v) is 5.11. The van der Waals surface area contributed by atoms with E-state index in [0.717, 1.165) is 5.69 Å². The summed E-state index contributed by atoms with van der Waals surface area (Å²) in [5.74, 6) is -0.316. The minimum atomic E-state index is -0.316. The molecule has 0 spiro atoms. The lowest BCUT2D eigenvalue weighted by atomic mass is 10.3. The van der Waals surface area contributed by atoms with Crippen LogP contribution in [0.3, 0.4) is 0 Å². The van der Waals surface area contributed by atoms with Crippen molar-refractivity contribution in [3.63, 3.8) is 0 Å². The van der Waals surface area contributed by atoms with E-state index in [4.69, 9.17) is 0 Å². The number of hydrogen-bond acceptors (Lipinski definition) is 5. The molecule has 0 atom stereocenters. The van der Waals surface area contributed by atoms with Crippen LogP contribution in [0.25, 0.3) is 0 Å². The fourth-order valence-electron chi connectivity index (χ4n) is 1.99. The van der Waals surface area contributed by atoms with E-state index in [1.165, 1.54) is 33.9 Å². The van der Waals surface area contributed by atoms with Gasteiger partial charge >= 0.3 is 0 Å². The van der Waals surface area contributed by atoms with Gasteiger partial charge in [-0.25, -0.2) is 9.97 Å². The second-order valence-electron chi connectivity index (χ2n) is 5.11. The third-order valence-electron chi connectivity index (χ3n) is 3.30. The van der Waals surface area contributed by atoms with Gasteiger partial charge in [-0.05, 0) is 13.3 Å². The van der Waals surface area contributed by atoms with Crippen LogP contribution in [-0.4, -0.2) is 31.6 Å². The zero-order valence-corrected chi connectivity index (χ0v) is 13.2. The van der Waals surface area contributed by atoms with Crippen molar-refractivity contribution in [1.29, 1.82) is 0 Å². The van der Waals surface area contributed by atoms with Crippen LogP contribution in [0.1, 0.15) is 18.3 Å². The number of amides is 1. The van der Waals surface area contributed by atoms with E-state index in [1.54, 1.807) is 6.92 Å². The molecule has 2 aromatic rings. The summed E-state index contributed by atoms with van der Waals surface area (Å²) in [6.45, 7) is 4.13. The lowest BCUT2D eigenvalue weighted by molar-refractivity contribution is -0.121. The first-order valence-corrected chi connectivity index (χ1v) is 7.34. The molecule has 23 heavy (non-hydrogen) atoms. The fourth-order valence-corrected chi connectivity index (χ4v) is 1.99. The van der Waals surface area contributed by atoms with Crippen molar-refractivity contribution in [2.45, 2.75) is 33.4 Å². The molecule has 8 heteroatoms. The molecular weight excluding hydrogens is 298 g/mol. The molecule has 8 nitrogen and oxygen atoms in total. The summed E-state index contributed by atoms with van der Waals surface area (Å²) in [6.07, 6.45) is 3.52. The molecule has 0 unspecified atom stereocenters. The van der Waals surface area contributed by atoms with E-state index in [-0.39, 0.29) is 30.1 Å². The molecular formula is C15H19N5O3. The van der Waals surface area contributed by atoms with Gasteiger partial charge in [0, 0.05) is 36.6 Å². The summed E-state index contributed by atoms with van der Waals surface area (Å²) in [7, 11) is 0. The van der Waals surface area contributed by atoms with Crippen molar-refractivity contribution < 1.29 is 4.79 Å². The highest BCUT2D eigenvalue weighted by molar-refractivity contribution is 5.75. The first-order chi connectivity index (χ1) is 11.0.